The van der Waals surface area contributed by atoms with Crippen molar-refractivity contribution in [3.05, 3.63) is 23.9 Å². The summed E-state index contributed by atoms with van der Waals surface area (Å²) in [7, 11) is 0. The number of anilines is 1. The maximum Gasteiger partial charge on any atom is 0.135 e. The zero-order chi connectivity index (χ0) is 12.0. The molecule has 0 aromatic carbocycles. The van der Waals surface area contributed by atoms with E-state index in [9.17, 15) is 0 Å². The number of hydrogen-bond donors (Lipinski definition) is 2. The van der Waals surface area contributed by atoms with Crippen LogP contribution in [0.15, 0.2) is 18.3 Å². The highest BCUT2D eigenvalue weighted by molar-refractivity contribution is 6.02. The minimum Gasteiger partial charge on any atom is -0.367 e. The van der Waals surface area contributed by atoms with E-state index in [1.165, 1.54) is 0 Å². The highest BCUT2D eigenvalue weighted by Gasteiger charge is 2.09. The molecule has 0 aliphatic rings. The van der Waals surface area contributed by atoms with Crippen molar-refractivity contribution in [2.45, 2.75) is 46.1 Å². The van der Waals surface area contributed by atoms with E-state index in [1.807, 2.05) is 12.1 Å². The Hall–Kier alpha value is -1.38. The lowest BCUT2D eigenvalue weighted by Crippen LogP contribution is -2.17. The molecule has 0 bridgehead atoms. The van der Waals surface area contributed by atoms with Crippen LogP contribution in [0.1, 0.15) is 45.6 Å². The van der Waals surface area contributed by atoms with E-state index in [-0.39, 0.29) is 0 Å². The normalized spacial score (nSPS) is 12.2. The third-order valence-electron chi connectivity index (χ3n) is 2.63. The third-order valence-corrected chi connectivity index (χ3v) is 2.63. The smallest absolute Gasteiger partial charge is 0.135 e. The second-order valence-electron chi connectivity index (χ2n) is 4.08. The minimum atomic E-state index is 0.392. The molecule has 16 heavy (non-hydrogen) atoms. The summed E-state index contributed by atoms with van der Waals surface area (Å²) in [5.74, 6) is 0.843. The summed E-state index contributed by atoms with van der Waals surface area (Å²) in [5, 5.41) is 11.3. The summed E-state index contributed by atoms with van der Waals surface area (Å²) in [5.41, 5.74) is 1.60. The molecule has 0 saturated carbocycles. The van der Waals surface area contributed by atoms with Crippen LogP contribution in [0.5, 0.6) is 0 Å². The Morgan fingerprint density at radius 1 is 1.50 bits per heavy atom. The highest BCUT2D eigenvalue weighted by Crippen LogP contribution is 2.16. The van der Waals surface area contributed by atoms with Crippen LogP contribution in [0.4, 0.5) is 5.82 Å². The zero-order valence-corrected chi connectivity index (χ0v) is 10.4. The molecular formula is C13H21N3. The SMILES string of the molecule is CCCC(=N)c1cccnc1NC(C)CC. The summed E-state index contributed by atoms with van der Waals surface area (Å²) in [6.07, 6.45) is 4.63. The van der Waals surface area contributed by atoms with Crippen LogP contribution in [-0.2, 0) is 0 Å². The molecule has 2 N–H and O–H groups in total. The topological polar surface area (TPSA) is 48.8 Å². The molecule has 1 aromatic rings. The Morgan fingerprint density at radius 2 is 2.25 bits per heavy atom. The summed E-state index contributed by atoms with van der Waals surface area (Å²) in [6.45, 7) is 6.35. The average Bonchev–Trinajstić information content (AvgIpc) is 2.30. The van der Waals surface area contributed by atoms with Crippen molar-refractivity contribution in [2.24, 2.45) is 0 Å². The van der Waals surface area contributed by atoms with E-state index in [0.29, 0.717) is 11.8 Å². The van der Waals surface area contributed by atoms with Crippen molar-refractivity contribution in [3.63, 3.8) is 0 Å². The predicted octanol–water partition coefficient (Wildman–Crippen LogP) is 3.46. The van der Waals surface area contributed by atoms with Gasteiger partial charge in [-0.1, -0.05) is 20.3 Å². The second kappa shape index (κ2) is 6.26. The number of hydrogen-bond acceptors (Lipinski definition) is 3. The third kappa shape index (κ3) is 3.33. The van der Waals surface area contributed by atoms with Crippen LogP contribution >= 0.6 is 0 Å². The molecule has 1 aromatic heterocycles. The number of nitrogens with zero attached hydrogens (tertiary/aromatic N) is 1. The zero-order valence-electron chi connectivity index (χ0n) is 10.4. The molecule has 88 valence electrons. The molecule has 0 spiro atoms. The first-order chi connectivity index (χ1) is 7.69. The maximum absolute atomic E-state index is 7.99. The van der Waals surface area contributed by atoms with Gasteiger partial charge >= 0.3 is 0 Å². The molecule has 0 aliphatic heterocycles. The van der Waals surface area contributed by atoms with E-state index in [2.05, 4.69) is 31.1 Å². The van der Waals surface area contributed by atoms with Crippen LogP contribution in [0.25, 0.3) is 0 Å². The van der Waals surface area contributed by atoms with E-state index in [0.717, 1.165) is 30.6 Å². The van der Waals surface area contributed by atoms with Crippen LogP contribution in [0.2, 0.25) is 0 Å². The molecule has 1 rings (SSSR count). The van der Waals surface area contributed by atoms with Gasteiger partial charge in [-0.25, -0.2) is 4.98 Å². The van der Waals surface area contributed by atoms with Crippen LogP contribution in [0, 0.1) is 5.41 Å². The number of rotatable bonds is 6. The molecule has 0 radical (unpaired) electrons. The fourth-order valence-corrected chi connectivity index (χ4v) is 1.48. The van der Waals surface area contributed by atoms with Crippen LogP contribution in [0.3, 0.4) is 0 Å². The van der Waals surface area contributed by atoms with Crippen molar-refractivity contribution in [1.82, 2.24) is 4.98 Å². The maximum atomic E-state index is 7.99. The summed E-state index contributed by atoms with van der Waals surface area (Å²) in [6, 6.07) is 4.25. The van der Waals surface area contributed by atoms with Crippen molar-refractivity contribution >= 4 is 11.5 Å². The molecule has 0 fully saturated rings. The molecule has 1 atom stereocenters. The van der Waals surface area contributed by atoms with Gasteiger partial charge in [0.2, 0.25) is 0 Å². The van der Waals surface area contributed by atoms with E-state index >= 15 is 0 Å². The first kappa shape index (κ1) is 12.7. The van der Waals surface area contributed by atoms with Gasteiger partial charge in [-0.15, -0.1) is 0 Å². The van der Waals surface area contributed by atoms with Gasteiger partial charge in [-0.05, 0) is 31.9 Å². The Kier molecular flexibility index (Phi) is 4.96. The van der Waals surface area contributed by atoms with Crippen molar-refractivity contribution in [3.8, 4) is 0 Å². The Morgan fingerprint density at radius 3 is 2.88 bits per heavy atom. The molecule has 0 saturated heterocycles. The van der Waals surface area contributed by atoms with Crippen molar-refractivity contribution < 1.29 is 0 Å². The van der Waals surface area contributed by atoms with Gasteiger partial charge in [-0.2, -0.15) is 0 Å². The first-order valence-corrected chi connectivity index (χ1v) is 5.98. The largest absolute Gasteiger partial charge is 0.367 e. The highest BCUT2D eigenvalue weighted by atomic mass is 15.0. The van der Waals surface area contributed by atoms with Crippen molar-refractivity contribution in [2.75, 3.05) is 5.32 Å². The van der Waals surface area contributed by atoms with E-state index in [1.54, 1.807) is 6.20 Å². The summed E-state index contributed by atoms with van der Waals surface area (Å²) in [4.78, 5) is 4.32. The molecule has 3 nitrogen and oxygen atoms in total. The lowest BCUT2D eigenvalue weighted by Gasteiger charge is -2.15. The number of pyridine rings is 1. The molecule has 1 unspecified atom stereocenters. The lowest BCUT2D eigenvalue weighted by molar-refractivity contribution is 0.758. The van der Waals surface area contributed by atoms with Crippen LogP contribution in [-0.4, -0.2) is 16.7 Å². The molecule has 0 aliphatic carbocycles. The van der Waals surface area contributed by atoms with Gasteiger partial charge in [0.15, 0.2) is 0 Å². The fraction of sp³-hybridized carbons (Fsp3) is 0.538. The summed E-state index contributed by atoms with van der Waals surface area (Å²) < 4.78 is 0. The molecule has 3 heteroatoms. The second-order valence-corrected chi connectivity index (χ2v) is 4.08. The Balaban J connectivity index is 2.87. The van der Waals surface area contributed by atoms with Gasteiger partial charge in [0.1, 0.15) is 5.82 Å². The fourth-order valence-electron chi connectivity index (χ4n) is 1.48. The molecule has 0 amide bonds. The van der Waals surface area contributed by atoms with E-state index in [4.69, 9.17) is 5.41 Å². The Bertz CT molecular complexity index is 347. The monoisotopic (exact) mass is 219 g/mol. The number of aromatic nitrogens is 1. The van der Waals surface area contributed by atoms with Crippen LogP contribution < -0.4 is 5.32 Å². The quantitative estimate of drug-likeness (QED) is 0.720. The minimum absolute atomic E-state index is 0.392. The number of nitrogens with one attached hydrogen (secondary N) is 2. The first-order valence-electron chi connectivity index (χ1n) is 5.98. The summed E-state index contributed by atoms with van der Waals surface area (Å²) >= 11 is 0. The standard InChI is InChI=1S/C13H21N3/c1-4-7-12(14)11-8-6-9-15-13(11)16-10(3)5-2/h6,8-10,14H,4-5,7H2,1-3H3,(H,15,16). The van der Waals surface area contributed by atoms with Gasteiger partial charge in [0.05, 0.1) is 0 Å². The molecular weight excluding hydrogens is 198 g/mol. The predicted molar refractivity (Wildman–Crippen MR) is 69.3 cm³/mol. The van der Waals surface area contributed by atoms with Gasteiger partial charge < -0.3 is 10.7 Å². The van der Waals surface area contributed by atoms with Crippen molar-refractivity contribution in [1.29, 1.82) is 5.41 Å². The van der Waals surface area contributed by atoms with E-state index < -0.39 is 0 Å². The van der Waals surface area contributed by atoms with Gasteiger partial charge in [0.25, 0.3) is 0 Å². The molecule has 1 heterocycles. The Labute approximate surface area is 97.8 Å². The lowest BCUT2D eigenvalue weighted by atomic mass is 10.1. The average molecular weight is 219 g/mol. The van der Waals surface area contributed by atoms with Gasteiger partial charge in [-0.3, -0.25) is 0 Å². The van der Waals surface area contributed by atoms with Gasteiger partial charge in [0, 0.05) is 23.5 Å².